The molecule has 0 N–H and O–H groups in total. The molecular formula is C29H28N2O3. The molecule has 0 saturated carbocycles. The minimum Gasteiger partial charge on any atom is -0.497 e. The van der Waals surface area contributed by atoms with Gasteiger partial charge in [0.1, 0.15) is 5.75 Å². The molecule has 1 fully saturated rings. The summed E-state index contributed by atoms with van der Waals surface area (Å²) in [5, 5.41) is 0.931. The Kier molecular flexibility index (Phi) is 6.17. The number of hydrogen-bond acceptors (Lipinski definition) is 3. The molecule has 0 aliphatic carbocycles. The second kappa shape index (κ2) is 9.56. The van der Waals surface area contributed by atoms with Gasteiger partial charge in [-0.2, -0.15) is 0 Å². The Labute approximate surface area is 199 Å². The maximum atomic E-state index is 13.3. The van der Waals surface area contributed by atoms with Gasteiger partial charge in [0.2, 0.25) is 0 Å². The third-order valence-electron chi connectivity index (χ3n) is 6.76. The molecule has 1 aromatic heterocycles. The van der Waals surface area contributed by atoms with Crippen molar-refractivity contribution < 1.29 is 14.3 Å². The summed E-state index contributed by atoms with van der Waals surface area (Å²) in [4.78, 5) is 28.3. The van der Waals surface area contributed by atoms with Gasteiger partial charge in [-0.25, -0.2) is 0 Å². The second-order valence-corrected chi connectivity index (χ2v) is 8.92. The van der Waals surface area contributed by atoms with Gasteiger partial charge < -0.3 is 9.64 Å². The number of benzene rings is 3. The third kappa shape index (κ3) is 4.46. The van der Waals surface area contributed by atoms with Crippen molar-refractivity contribution in [1.29, 1.82) is 0 Å². The maximum Gasteiger partial charge on any atom is 0.262 e. The zero-order chi connectivity index (χ0) is 23.5. The predicted molar refractivity (Wildman–Crippen MR) is 133 cm³/mol. The number of likely N-dealkylation sites (tertiary alicyclic amines) is 1. The Morgan fingerprint density at radius 3 is 2.26 bits per heavy atom. The van der Waals surface area contributed by atoms with Gasteiger partial charge in [0.25, 0.3) is 11.8 Å². The first-order chi connectivity index (χ1) is 16.6. The number of fused-ring (bicyclic) bond motifs is 1. The lowest BCUT2D eigenvalue weighted by molar-refractivity contribution is 0.0690. The first-order valence-corrected chi connectivity index (χ1v) is 11.8. The normalized spacial score (nSPS) is 14.3. The van der Waals surface area contributed by atoms with Gasteiger partial charge in [0, 0.05) is 35.8 Å². The molecule has 0 atom stereocenters. The first kappa shape index (κ1) is 22.0. The van der Waals surface area contributed by atoms with Gasteiger partial charge in [-0.3, -0.25) is 14.2 Å². The molecule has 5 nitrogen and oxygen atoms in total. The zero-order valence-corrected chi connectivity index (χ0v) is 19.3. The molecule has 0 spiro atoms. The van der Waals surface area contributed by atoms with Crippen LogP contribution in [0.4, 0.5) is 0 Å². The van der Waals surface area contributed by atoms with Gasteiger partial charge in [-0.05, 0) is 73.2 Å². The lowest BCUT2D eigenvalue weighted by Gasteiger charge is -2.32. The Morgan fingerprint density at radius 2 is 1.56 bits per heavy atom. The van der Waals surface area contributed by atoms with Crippen molar-refractivity contribution in [1.82, 2.24) is 9.47 Å². The van der Waals surface area contributed by atoms with E-state index in [0.717, 1.165) is 43.3 Å². The number of carbonyl (C=O) groups is 2. The number of amides is 1. The Hall–Kier alpha value is -3.86. The second-order valence-electron chi connectivity index (χ2n) is 8.92. The molecule has 1 saturated heterocycles. The fourth-order valence-electron chi connectivity index (χ4n) is 4.78. The van der Waals surface area contributed by atoms with Gasteiger partial charge >= 0.3 is 0 Å². The Morgan fingerprint density at radius 1 is 0.853 bits per heavy atom. The molecule has 1 aliphatic heterocycles. The lowest BCUT2D eigenvalue weighted by Crippen LogP contribution is -2.38. The van der Waals surface area contributed by atoms with Crippen LogP contribution in [0.15, 0.2) is 85.1 Å². The number of methoxy groups -OCH3 is 1. The van der Waals surface area contributed by atoms with E-state index in [0.29, 0.717) is 22.8 Å². The molecular weight excluding hydrogens is 424 g/mol. The van der Waals surface area contributed by atoms with Crippen LogP contribution in [0.2, 0.25) is 0 Å². The van der Waals surface area contributed by atoms with Crippen LogP contribution < -0.4 is 4.74 Å². The molecule has 1 aliphatic rings. The Balaban J connectivity index is 1.30. The minimum absolute atomic E-state index is 0.0321. The number of piperidine rings is 1. The lowest BCUT2D eigenvalue weighted by atomic mass is 9.90. The highest BCUT2D eigenvalue weighted by Crippen LogP contribution is 2.25. The summed E-state index contributed by atoms with van der Waals surface area (Å²) in [7, 11) is 1.60. The van der Waals surface area contributed by atoms with Crippen molar-refractivity contribution in [3.8, 4) is 5.75 Å². The number of ether oxygens (including phenoxy) is 1. The van der Waals surface area contributed by atoms with Crippen molar-refractivity contribution in [2.45, 2.75) is 19.3 Å². The highest BCUT2D eigenvalue weighted by Gasteiger charge is 2.24. The third-order valence-corrected chi connectivity index (χ3v) is 6.76. The summed E-state index contributed by atoms with van der Waals surface area (Å²) in [6.07, 6.45) is 4.85. The first-order valence-electron chi connectivity index (χ1n) is 11.8. The van der Waals surface area contributed by atoms with Gasteiger partial charge in [-0.1, -0.05) is 36.4 Å². The quantitative estimate of drug-likeness (QED) is 0.406. The molecule has 0 radical (unpaired) electrons. The van der Waals surface area contributed by atoms with Crippen LogP contribution in [0, 0.1) is 5.92 Å². The van der Waals surface area contributed by atoms with Crippen molar-refractivity contribution in [3.05, 3.63) is 102 Å². The van der Waals surface area contributed by atoms with Crippen molar-refractivity contribution in [2.75, 3.05) is 20.2 Å². The SMILES string of the molecule is COc1ccc(C(=O)n2ccc3ccc(C(=O)N4CCC(Cc5ccccc5)CC4)cc32)cc1. The average molecular weight is 453 g/mol. The van der Waals surface area contributed by atoms with E-state index in [-0.39, 0.29) is 11.8 Å². The summed E-state index contributed by atoms with van der Waals surface area (Å²) < 4.78 is 6.80. The molecule has 2 heterocycles. The fourth-order valence-corrected chi connectivity index (χ4v) is 4.78. The zero-order valence-electron chi connectivity index (χ0n) is 19.3. The van der Waals surface area contributed by atoms with Crippen LogP contribution in [0.25, 0.3) is 10.9 Å². The van der Waals surface area contributed by atoms with Crippen LogP contribution in [-0.2, 0) is 6.42 Å². The van der Waals surface area contributed by atoms with Crippen molar-refractivity contribution >= 4 is 22.7 Å². The van der Waals surface area contributed by atoms with E-state index in [1.54, 1.807) is 42.1 Å². The molecule has 0 bridgehead atoms. The van der Waals surface area contributed by atoms with E-state index in [1.807, 2.05) is 35.2 Å². The minimum atomic E-state index is -0.135. The summed E-state index contributed by atoms with van der Waals surface area (Å²) in [5.74, 6) is 1.20. The Bertz CT molecular complexity index is 1300. The predicted octanol–water partition coefficient (Wildman–Crippen LogP) is 5.43. The number of hydrogen-bond donors (Lipinski definition) is 0. The molecule has 4 aromatic rings. The molecule has 3 aromatic carbocycles. The van der Waals surface area contributed by atoms with E-state index in [1.165, 1.54) is 5.56 Å². The molecule has 1 amide bonds. The van der Waals surface area contributed by atoms with E-state index in [4.69, 9.17) is 4.74 Å². The summed E-state index contributed by atoms with van der Waals surface area (Å²) in [6, 6.07) is 25.1. The topological polar surface area (TPSA) is 51.5 Å². The summed E-state index contributed by atoms with van der Waals surface area (Å²) in [6.45, 7) is 1.53. The van der Waals surface area contributed by atoms with Crippen LogP contribution in [-0.4, -0.2) is 41.5 Å². The van der Waals surface area contributed by atoms with E-state index < -0.39 is 0 Å². The highest BCUT2D eigenvalue weighted by atomic mass is 16.5. The van der Waals surface area contributed by atoms with Gasteiger partial charge in [0.05, 0.1) is 12.6 Å². The molecule has 34 heavy (non-hydrogen) atoms. The van der Waals surface area contributed by atoms with Crippen LogP contribution in [0.1, 0.15) is 39.1 Å². The fraction of sp³-hybridized carbons (Fsp3) is 0.241. The molecule has 5 heteroatoms. The highest BCUT2D eigenvalue weighted by molar-refractivity contribution is 6.04. The number of rotatable bonds is 5. The van der Waals surface area contributed by atoms with Crippen LogP contribution in [0.3, 0.4) is 0 Å². The van der Waals surface area contributed by atoms with Gasteiger partial charge in [0.15, 0.2) is 0 Å². The number of nitrogens with zero attached hydrogens (tertiary/aromatic N) is 2. The number of aromatic nitrogens is 1. The van der Waals surface area contributed by atoms with E-state index in [9.17, 15) is 9.59 Å². The summed E-state index contributed by atoms with van der Waals surface area (Å²) >= 11 is 0. The molecule has 5 rings (SSSR count). The number of carbonyl (C=O) groups excluding carboxylic acids is 2. The van der Waals surface area contributed by atoms with Crippen LogP contribution >= 0.6 is 0 Å². The molecule has 0 unspecified atom stereocenters. The standard InChI is InChI=1S/C29H28N2O3/c1-34-26-11-9-24(10-12-26)29(33)31-18-15-23-7-8-25(20-27(23)31)28(32)30-16-13-22(14-17-30)19-21-5-3-2-4-6-21/h2-12,15,18,20,22H,13-14,16-17,19H2,1H3. The summed E-state index contributed by atoms with van der Waals surface area (Å²) in [5.41, 5.74) is 3.29. The van der Waals surface area contributed by atoms with E-state index in [2.05, 4.69) is 24.3 Å². The van der Waals surface area contributed by atoms with E-state index >= 15 is 0 Å². The smallest absolute Gasteiger partial charge is 0.262 e. The average Bonchev–Trinajstić information content (AvgIpc) is 3.32. The van der Waals surface area contributed by atoms with Crippen molar-refractivity contribution in [3.63, 3.8) is 0 Å². The van der Waals surface area contributed by atoms with Crippen LogP contribution in [0.5, 0.6) is 5.75 Å². The maximum absolute atomic E-state index is 13.3. The largest absolute Gasteiger partial charge is 0.497 e. The van der Waals surface area contributed by atoms with Gasteiger partial charge in [-0.15, -0.1) is 0 Å². The molecule has 172 valence electrons. The van der Waals surface area contributed by atoms with Crippen molar-refractivity contribution in [2.24, 2.45) is 5.92 Å². The monoisotopic (exact) mass is 452 g/mol.